The molecule has 2 aliphatic carbocycles. The molecule has 2 saturated carbocycles. The van der Waals surface area contributed by atoms with Crippen LogP contribution in [0, 0.1) is 29.1 Å². The standard InChI is InChI=1S/C43H38N4/c1-28-21-30-22-29(2)25-43(24-28,26-30)36-19-17-32(18-20-36)37-13-6-7-14-38(37)42-46-40(33-9-4-3-5-10-33)45-41(47-42)34-16-15-31-11-8-12-35(27-44)39(31)23-34/h3-20,23,28-30H,21-22,24-26H2,1-2H3/t28-,29+,30?,43?. The fourth-order valence-corrected chi connectivity index (χ4v) is 8.84. The molecule has 0 radical (unpaired) electrons. The van der Waals surface area contributed by atoms with Crippen LogP contribution >= 0.6 is 0 Å². The molecule has 4 heteroatoms. The van der Waals surface area contributed by atoms with E-state index in [4.69, 9.17) is 15.0 Å². The van der Waals surface area contributed by atoms with E-state index >= 15 is 0 Å². The van der Waals surface area contributed by atoms with Gasteiger partial charge < -0.3 is 0 Å². The Balaban J connectivity index is 1.23. The monoisotopic (exact) mass is 610 g/mol. The quantitative estimate of drug-likeness (QED) is 0.195. The lowest BCUT2D eigenvalue weighted by atomic mass is 9.54. The summed E-state index contributed by atoms with van der Waals surface area (Å²) in [5.41, 5.74) is 7.46. The number of fused-ring (bicyclic) bond motifs is 3. The molecule has 8 rings (SSSR count). The van der Waals surface area contributed by atoms with Crippen LogP contribution in [-0.2, 0) is 5.41 Å². The second-order valence-corrected chi connectivity index (χ2v) is 14.1. The molecule has 47 heavy (non-hydrogen) atoms. The van der Waals surface area contributed by atoms with Crippen molar-refractivity contribution in [2.75, 3.05) is 0 Å². The average molecular weight is 611 g/mol. The summed E-state index contributed by atoms with van der Waals surface area (Å²) in [6.07, 6.45) is 6.69. The van der Waals surface area contributed by atoms with Crippen molar-refractivity contribution in [3.05, 3.63) is 126 Å². The van der Waals surface area contributed by atoms with E-state index < -0.39 is 0 Å². The van der Waals surface area contributed by atoms with Gasteiger partial charge >= 0.3 is 0 Å². The average Bonchev–Trinajstić information content (AvgIpc) is 3.10. The number of hydrogen-bond donors (Lipinski definition) is 0. The lowest BCUT2D eigenvalue weighted by Crippen LogP contribution is -2.42. The molecule has 0 N–H and O–H groups in total. The first-order valence-corrected chi connectivity index (χ1v) is 16.9. The van der Waals surface area contributed by atoms with Gasteiger partial charge in [0.15, 0.2) is 17.5 Å². The minimum absolute atomic E-state index is 0.303. The third-order valence-electron chi connectivity index (χ3n) is 10.5. The van der Waals surface area contributed by atoms with Gasteiger partial charge in [0, 0.05) is 22.1 Å². The summed E-state index contributed by atoms with van der Waals surface area (Å²) in [7, 11) is 0. The van der Waals surface area contributed by atoms with Crippen molar-refractivity contribution in [2.45, 2.75) is 51.4 Å². The second-order valence-electron chi connectivity index (χ2n) is 14.1. The Labute approximate surface area is 277 Å². The minimum Gasteiger partial charge on any atom is -0.208 e. The molecule has 2 bridgehead atoms. The molecule has 5 aromatic carbocycles. The lowest BCUT2D eigenvalue weighted by Gasteiger charge is -2.50. The van der Waals surface area contributed by atoms with Crippen LogP contribution < -0.4 is 0 Å². The maximum absolute atomic E-state index is 9.79. The first kappa shape index (κ1) is 29.3. The highest BCUT2D eigenvalue weighted by Gasteiger charge is 2.45. The molecule has 2 fully saturated rings. The smallest absolute Gasteiger partial charge is 0.164 e. The zero-order chi connectivity index (χ0) is 32.0. The fraction of sp³-hybridized carbons (Fsp3) is 0.256. The van der Waals surface area contributed by atoms with Crippen molar-refractivity contribution >= 4 is 10.8 Å². The van der Waals surface area contributed by atoms with Gasteiger partial charge in [0.1, 0.15) is 0 Å². The summed E-state index contributed by atoms with van der Waals surface area (Å²) < 4.78 is 0. The van der Waals surface area contributed by atoms with Crippen LogP contribution in [0.3, 0.4) is 0 Å². The molecule has 4 nitrogen and oxygen atoms in total. The Morgan fingerprint density at radius 2 is 1.23 bits per heavy atom. The minimum atomic E-state index is 0.303. The third kappa shape index (κ3) is 5.51. The second kappa shape index (κ2) is 11.9. The zero-order valence-corrected chi connectivity index (χ0v) is 27.0. The summed E-state index contributed by atoms with van der Waals surface area (Å²) in [5, 5.41) is 11.7. The molecular weight excluding hydrogens is 573 g/mol. The summed E-state index contributed by atoms with van der Waals surface area (Å²) in [6, 6.07) is 42.1. The van der Waals surface area contributed by atoms with Gasteiger partial charge in [0.25, 0.3) is 0 Å². The molecule has 1 aromatic heterocycles. The molecule has 2 aliphatic rings. The van der Waals surface area contributed by atoms with E-state index in [1.165, 1.54) is 37.7 Å². The first-order valence-electron chi connectivity index (χ1n) is 16.9. The number of aromatic nitrogens is 3. The van der Waals surface area contributed by atoms with Gasteiger partial charge in [0.2, 0.25) is 0 Å². The van der Waals surface area contributed by atoms with Crippen molar-refractivity contribution in [1.29, 1.82) is 5.26 Å². The topological polar surface area (TPSA) is 62.5 Å². The van der Waals surface area contributed by atoms with Gasteiger partial charge in [0.05, 0.1) is 11.6 Å². The molecule has 0 aliphatic heterocycles. The highest BCUT2D eigenvalue weighted by atomic mass is 15.0. The predicted octanol–water partition coefficient (Wildman–Crippen LogP) is 10.7. The van der Waals surface area contributed by atoms with Gasteiger partial charge in [-0.1, -0.05) is 117 Å². The van der Waals surface area contributed by atoms with Gasteiger partial charge in [-0.3, -0.25) is 0 Å². The van der Waals surface area contributed by atoms with E-state index in [0.29, 0.717) is 28.5 Å². The first-order chi connectivity index (χ1) is 23.0. The van der Waals surface area contributed by atoms with E-state index in [1.54, 1.807) is 0 Å². The van der Waals surface area contributed by atoms with Gasteiger partial charge in [-0.2, -0.15) is 5.26 Å². The number of rotatable bonds is 5. The maximum atomic E-state index is 9.79. The van der Waals surface area contributed by atoms with Crippen molar-refractivity contribution in [1.82, 2.24) is 15.0 Å². The lowest BCUT2D eigenvalue weighted by molar-refractivity contribution is 0.0780. The van der Waals surface area contributed by atoms with Crippen LogP contribution in [0.2, 0.25) is 0 Å². The predicted molar refractivity (Wildman–Crippen MR) is 190 cm³/mol. The summed E-state index contributed by atoms with van der Waals surface area (Å²) in [5.74, 6) is 4.26. The largest absolute Gasteiger partial charge is 0.208 e. The van der Waals surface area contributed by atoms with Crippen LogP contribution in [0.25, 0.3) is 56.1 Å². The van der Waals surface area contributed by atoms with Crippen LogP contribution in [-0.4, -0.2) is 15.0 Å². The highest BCUT2D eigenvalue weighted by molar-refractivity contribution is 5.91. The fourth-order valence-electron chi connectivity index (χ4n) is 8.84. The Kier molecular flexibility index (Phi) is 7.41. The molecule has 0 amide bonds. The molecule has 2 unspecified atom stereocenters. The number of hydrogen-bond acceptors (Lipinski definition) is 4. The molecule has 0 spiro atoms. The van der Waals surface area contributed by atoms with E-state index in [9.17, 15) is 5.26 Å². The molecule has 1 heterocycles. The van der Waals surface area contributed by atoms with E-state index in [1.807, 2.05) is 66.7 Å². The SMILES string of the molecule is C[C@@H]1CC2C[C@H](C)CC(c3ccc(-c4ccccc4-c4nc(-c5ccccc5)nc(-c5ccc6cccc(C#N)c6c5)n4)cc3)(C2)C1. The van der Waals surface area contributed by atoms with E-state index in [2.05, 4.69) is 68.4 Å². The van der Waals surface area contributed by atoms with Crippen molar-refractivity contribution in [3.63, 3.8) is 0 Å². The van der Waals surface area contributed by atoms with Gasteiger partial charge in [-0.15, -0.1) is 0 Å². The molecule has 230 valence electrons. The molecular formula is C43H38N4. The molecule has 4 atom stereocenters. The molecule has 6 aromatic rings. The van der Waals surface area contributed by atoms with Crippen molar-refractivity contribution < 1.29 is 0 Å². The van der Waals surface area contributed by atoms with Crippen LogP contribution in [0.5, 0.6) is 0 Å². The van der Waals surface area contributed by atoms with Gasteiger partial charge in [-0.25, -0.2) is 15.0 Å². The van der Waals surface area contributed by atoms with E-state index in [-0.39, 0.29) is 0 Å². The van der Waals surface area contributed by atoms with E-state index in [0.717, 1.165) is 56.3 Å². The summed E-state index contributed by atoms with van der Waals surface area (Å²) in [6.45, 7) is 4.91. The zero-order valence-electron chi connectivity index (χ0n) is 27.0. The number of nitrogens with zero attached hydrogens (tertiary/aromatic N) is 4. The Morgan fingerprint density at radius 3 is 1.96 bits per heavy atom. The Morgan fingerprint density at radius 1 is 0.596 bits per heavy atom. The van der Waals surface area contributed by atoms with Crippen LogP contribution in [0.1, 0.15) is 57.1 Å². The molecule has 0 saturated heterocycles. The van der Waals surface area contributed by atoms with Crippen molar-refractivity contribution in [3.8, 4) is 51.4 Å². The Hall–Kier alpha value is -5.14. The normalized spacial score (nSPS) is 22.1. The number of benzene rings is 5. The van der Waals surface area contributed by atoms with Crippen molar-refractivity contribution in [2.24, 2.45) is 17.8 Å². The van der Waals surface area contributed by atoms with Crippen LogP contribution in [0.15, 0.2) is 115 Å². The maximum Gasteiger partial charge on any atom is 0.164 e. The van der Waals surface area contributed by atoms with Gasteiger partial charge in [-0.05, 0) is 89.5 Å². The summed E-state index contributed by atoms with van der Waals surface area (Å²) >= 11 is 0. The number of nitriles is 1. The highest BCUT2D eigenvalue weighted by Crippen LogP contribution is 2.54. The summed E-state index contributed by atoms with van der Waals surface area (Å²) in [4.78, 5) is 15.1. The van der Waals surface area contributed by atoms with Crippen LogP contribution in [0.4, 0.5) is 0 Å². The third-order valence-corrected chi connectivity index (χ3v) is 10.5. The Bertz CT molecular complexity index is 2110.